The second-order valence-corrected chi connectivity index (χ2v) is 7.58. The van der Waals surface area contributed by atoms with Gasteiger partial charge in [-0.25, -0.2) is 0 Å². The van der Waals surface area contributed by atoms with Crippen LogP contribution in [0.4, 0.5) is 0 Å². The van der Waals surface area contributed by atoms with Gasteiger partial charge in [-0.2, -0.15) is 0 Å². The molecule has 0 saturated carbocycles. The Labute approximate surface area is 142 Å². The van der Waals surface area contributed by atoms with Crippen molar-refractivity contribution >= 4 is 11.4 Å². The number of hydrogen-bond acceptors (Lipinski definition) is 2. The molecule has 1 aliphatic carbocycles. The van der Waals surface area contributed by atoms with Gasteiger partial charge in [0.15, 0.2) is 0 Å². The Kier molecular flexibility index (Phi) is 5.78. The molecule has 1 unspecified atom stereocenters. The van der Waals surface area contributed by atoms with Crippen LogP contribution in [0.15, 0.2) is 44.9 Å². The van der Waals surface area contributed by atoms with Gasteiger partial charge in [-0.1, -0.05) is 38.7 Å². The van der Waals surface area contributed by atoms with Crippen molar-refractivity contribution in [2.75, 3.05) is 0 Å². The highest BCUT2D eigenvalue weighted by atomic mass is 14.9. The third-order valence-corrected chi connectivity index (χ3v) is 4.52. The Bertz CT molecular complexity index is 597. The molecule has 0 aromatic rings. The molecule has 0 aromatic heterocycles. The molecular formula is C21H32N2. The van der Waals surface area contributed by atoms with Gasteiger partial charge in [0.1, 0.15) is 0 Å². The van der Waals surface area contributed by atoms with E-state index in [0.717, 1.165) is 11.4 Å². The predicted octanol–water partition coefficient (Wildman–Crippen LogP) is 5.85. The number of hydrogen-bond donors (Lipinski definition) is 0. The van der Waals surface area contributed by atoms with Crippen LogP contribution in [0.5, 0.6) is 0 Å². The third-order valence-electron chi connectivity index (χ3n) is 4.52. The van der Waals surface area contributed by atoms with Crippen LogP contribution in [-0.4, -0.2) is 23.0 Å². The quantitative estimate of drug-likeness (QED) is 0.434. The van der Waals surface area contributed by atoms with E-state index in [-0.39, 0.29) is 5.54 Å². The first-order valence-corrected chi connectivity index (χ1v) is 9.10. The van der Waals surface area contributed by atoms with E-state index in [2.05, 4.69) is 59.8 Å². The molecule has 0 fully saturated rings. The lowest BCUT2D eigenvalue weighted by Crippen LogP contribution is -2.26. The predicted molar refractivity (Wildman–Crippen MR) is 103 cm³/mol. The summed E-state index contributed by atoms with van der Waals surface area (Å²) in [4.78, 5) is 9.83. The molecule has 0 bridgehead atoms. The van der Waals surface area contributed by atoms with E-state index in [1.54, 1.807) is 0 Å². The maximum atomic E-state index is 4.93. The SMILES string of the molecule is CCCCCCC(C)N=C1C=C(C)C2=NC(C)(C)C=C(C)C2=C1. The average molecular weight is 313 g/mol. The molecule has 2 heteroatoms. The molecule has 23 heavy (non-hydrogen) atoms. The largest absolute Gasteiger partial charge is 0.282 e. The number of fused-ring (bicyclic) bond motifs is 1. The Morgan fingerprint density at radius 2 is 1.83 bits per heavy atom. The summed E-state index contributed by atoms with van der Waals surface area (Å²) in [7, 11) is 0. The van der Waals surface area contributed by atoms with E-state index in [1.807, 2.05) is 0 Å². The summed E-state index contributed by atoms with van der Waals surface area (Å²) in [6.45, 7) is 13.2. The molecule has 2 nitrogen and oxygen atoms in total. The van der Waals surface area contributed by atoms with Crippen molar-refractivity contribution in [3.63, 3.8) is 0 Å². The van der Waals surface area contributed by atoms with Gasteiger partial charge in [0.2, 0.25) is 0 Å². The Morgan fingerprint density at radius 1 is 1.09 bits per heavy atom. The zero-order chi connectivity index (χ0) is 17.0. The molecule has 1 heterocycles. The average Bonchev–Trinajstić information content (AvgIpc) is 2.44. The van der Waals surface area contributed by atoms with Gasteiger partial charge in [-0.05, 0) is 64.3 Å². The second kappa shape index (κ2) is 7.42. The van der Waals surface area contributed by atoms with Crippen molar-refractivity contribution < 1.29 is 0 Å². The molecule has 2 aliphatic rings. The van der Waals surface area contributed by atoms with Gasteiger partial charge >= 0.3 is 0 Å². The van der Waals surface area contributed by atoms with Gasteiger partial charge in [0.05, 0.1) is 17.0 Å². The molecule has 0 spiro atoms. The molecule has 0 saturated heterocycles. The minimum Gasteiger partial charge on any atom is -0.282 e. The first kappa shape index (κ1) is 17.9. The molecule has 0 radical (unpaired) electrons. The monoisotopic (exact) mass is 312 g/mol. The second-order valence-electron chi connectivity index (χ2n) is 7.58. The highest BCUT2D eigenvalue weighted by Crippen LogP contribution is 2.31. The smallest absolute Gasteiger partial charge is 0.0744 e. The fraction of sp³-hybridized carbons (Fsp3) is 0.619. The van der Waals surface area contributed by atoms with Gasteiger partial charge < -0.3 is 0 Å². The molecule has 1 aliphatic heterocycles. The number of rotatable bonds is 6. The summed E-state index contributed by atoms with van der Waals surface area (Å²) >= 11 is 0. The van der Waals surface area contributed by atoms with Gasteiger partial charge in [0.25, 0.3) is 0 Å². The minimum absolute atomic E-state index is 0.104. The number of unbranched alkanes of at least 4 members (excludes halogenated alkanes) is 3. The summed E-state index contributed by atoms with van der Waals surface area (Å²) in [5.74, 6) is 0. The topological polar surface area (TPSA) is 24.7 Å². The highest BCUT2D eigenvalue weighted by molar-refractivity contribution is 6.26. The molecule has 1 atom stereocenters. The standard InChI is InChI=1S/C21H32N2/c1-7-8-9-10-11-17(4)22-18-12-15(2)20-19(13-18)16(3)14-21(5,6)23-20/h12-14,17H,7-11H2,1-6H3. The third kappa shape index (κ3) is 4.76. The van der Waals surface area contributed by atoms with E-state index in [4.69, 9.17) is 9.98 Å². The van der Waals surface area contributed by atoms with Crippen LogP contribution in [0.25, 0.3) is 0 Å². The van der Waals surface area contributed by atoms with Crippen LogP contribution < -0.4 is 0 Å². The first-order valence-electron chi connectivity index (χ1n) is 9.10. The van der Waals surface area contributed by atoms with E-state index >= 15 is 0 Å². The highest BCUT2D eigenvalue weighted by Gasteiger charge is 2.26. The minimum atomic E-state index is -0.104. The van der Waals surface area contributed by atoms with Gasteiger partial charge in [0, 0.05) is 11.6 Å². The Morgan fingerprint density at radius 3 is 2.52 bits per heavy atom. The van der Waals surface area contributed by atoms with Crippen molar-refractivity contribution in [1.82, 2.24) is 0 Å². The summed E-state index contributed by atoms with van der Waals surface area (Å²) in [6.07, 6.45) is 13.1. The lowest BCUT2D eigenvalue weighted by Gasteiger charge is -2.29. The van der Waals surface area contributed by atoms with Crippen LogP contribution >= 0.6 is 0 Å². The number of nitrogens with zero attached hydrogens (tertiary/aromatic N) is 2. The Hall–Kier alpha value is -1.44. The van der Waals surface area contributed by atoms with Crippen molar-refractivity contribution in [2.24, 2.45) is 9.98 Å². The molecular weight excluding hydrogens is 280 g/mol. The van der Waals surface area contributed by atoms with Gasteiger partial charge in [-0.15, -0.1) is 0 Å². The van der Waals surface area contributed by atoms with Crippen LogP contribution in [0.1, 0.15) is 73.6 Å². The lowest BCUT2D eigenvalue weighted by atomic mass is 9.84. The summed E-state index contributed by atoms with van der Waals surface area (Å²) in [5, 5.41) is 0. The van der Waals surface area contributed by atoms with Crippen molar-refractivity contribution in [2.45, 2.75) is 85.2 Å². The number of aliphatic imine (C=N–C) groups is 2. The van der Waals surface area contributed by atoms with Crippen molar-refractivity contribution in [3.8, 4) is 0 Å². The van der Waals surface area contributed by atoms with E-state index in [1.165, 1.54) is 48.8 Å². The van der Waals surface area contributed by atoms with Crippen LogP contribution in [0.3, 0.4) is 0 Å². The number of allylic oxidation sites excluding steroid dienone is 5. The maximum absolute atomic E-state index is 4.93. The Balaban J connectivity index is 2.13. The van der Waals surface area contributed by atoms with Crippen LogP contribution in [0.2, 0.25) is 0 Å². The van der Waals surface area contributed by atoms with E-state index < -0.39 is 0 Å². The van der Waals surface area contributed by atoms with Crippen molar-refractivity contribution in [1.29, 1.82) is 0 Å². The zero-order valence-electron chi connectivity index (χ0n) is 15.7. The normalized spacial score (nSPS) is 22.8. The summed E-state index contributed by atoms with van der Waals surface area (Å²) in [5.41, 5.74) is 5.95. The molecule has 0 aromatic carbocycles. The molecule has 2 rings (SSSR count). The fourth-order valence-corrected chi connectivity index (χ4v) is 3.40. The van der Waals surface area contributed by atoms with Crippen LogP contribution in [0, 0.1) is 0 Å². The molecule has 0 N–H and O–H groups in total. The number of dihydropyridines is 1. The fourth-order valence-electron chi connectivity index (χ4n) is 3.40. The molecule has 0 amide bonds. The lowest BCUT2D eigenvalue weighted by molar-refractivity contribution is 0.577. The van der Waals surface area contributed by atoms with Crippen LogP contribution in [-0.2, 0) is 0 Å². The van der Waals surface area contributed by atoms with E-state index in [0.29, 0.717) is 6.04 Å². The van der Waals surface area contributed by atoms with Crippen molar-refractivity contribution in [3.05, 3.63) is 34.9 Å². The maximum Gasteiger partial charge on any atom is 0.0744 e. The van der Waals surface area contributed by atoms with E-state index in [9.17, 15) is 0 Å². The van der Waals surface area contributed by atoms with Gasteiger partial charge in [-0.3, -0.25) is 9.98 Å². The summed E-state index contributed by atoms with van der Waals surface area (Å²) < 4.78 is 0. The zero-order valence-corrected chi connectivity index (χ0v) is 15.7. The molecule has 126 valence electrons. The first-order chi connectivity index (χ1) is 10.8. The summed E-state index contributed by atoms with van der Waals surface area (Å²) in [6, 6.07) is 0.394.